The minimum absolute atomic E-state index is 0.201. The van der Waals surface area contributed by atoms with Gasteiger partial charge in [-0.05, 0) is 68.8 Å². The maximum Gasteiger partial charge on any atom is 0.164 e. The van der Waals surface area contributed by atoms with Crippen molar-refractivity contribution >= 4 is 31.5 Å². The monoisotopic (exact) mass is 724 g/mol. The zero-order valence-corrected chi connectivity index (χ0v) is 30.2. The molecule has 0 saturated heterocycles. The Labute approximate surface area is 331 Å². The van der Waals surface area contributed by atoms with Gasteiger partial charge in [-0.1, -0.05) is 176 Å². The van der Waals surface area contributed by atoms with Gasteiger partial charge in [0.2, 0.25) is 0 Å². The second-order valence-electron chi connectivity index (χ2n) is 13.3. The molecular formula is C51H33N3S. The Morgan fingerprint density at radius 2 is 0.818 bits per heavy atom. The summed E-state index contributed by atoms with van der Waals surface area (Å²) in [7, 11) is 0. The van der Waals surface area contributed by atoms with Crippen LogP contribution in [0.1, 0.15) is 6.85 Å². The van der Waals surface area contributed by atoms with Gasteiger partial charge in [-0.2, -0.15) is 0 Å². The van der Waals surface area contributed by atoms with E-state index in [2.05, 4.69) is 84.9 Å². The van der Waals surface area contributed by atoms with E-state index in [9.17, 15) is 0 Å². The molecular weight excluding hydrogens is 687 g/mol. The van der Waals surface area contributed by atoms with Crippen LogP contribution in [0, 0.1) is 0 Å². The summed E-state index contributed by atoms with van der Waals surface area (Å²) in [6.45, 7) is 0. The normalized spacial score (nSPS) is 12.5. The first-order valence-corrected chi connectivity index (χ1v) is 18.8. The Balaban J connectivity index is 0.983. The van der Waals surface area contributed by atoms with Crippen molar-refractivity contribution in [1.82, 2.24) is 15.0 Å². The molecule has 0 N–H and O–H groups in total. The lowest BCUT2D eigenvalue weighted by Gasteiger charge is -2.10. The lowest BCUT2D eigenvalue weighted by Crippen LogP contribution is -2.00. The predicted octanol–water partition coefficient (Wildman–Crippen LogP) is 13.9. The quantitative estimate of drug-likeness (QED) is 0.164. The molecule has 0 spiro atoms. The molecule has 0 radical (unpaired) electrons. The minimum atomic E-state index is -0.393. The maximum absolute atomic E-state index is 8.35. The Bertz CT molecular complexity index is 3160. The number of thiophene rings is 1. The fourth-order valence-corrected chi connectivity index (χ4v) is 8.19. The van der Waals surface area contributed by atoms with Gasteiger partial charge in [0.1, 0.15) is 0 Å². The lowest BCUT2D eigenvalue weighted by atomic mass is 9.95. The highest BCUT2D eigenvalue weighted by molar-refractivity contribution is 7.26. The maximum atomic E-state index is 8.35. The molecule has 258 valence electrons. The van der Waals surface area contributed by atoms with Gasteiger partial charge in [0, 0.05) is 36.9 Å². The molecule has 0 saturated carbocycles. The third kappa shape index (κ3) is 6.39. The van der Waals surface area contributed by atoms with E-state index in [0.717, 1.165) is 60.8 Å². The summed E-state index contributed by atoms with van der Waals surface area (Å²) in [5, 5.41) is 2.27. The number of fused-ring (bicyclic) bond motifs is 3. The van der Waals surface area contributed by atoms with Crippen LogP contribution in [0.5, 0.6) is 0 Å². The van der Waals surface area contributed by atoms with Crippen molar-refractivity contribution in [2.45, 2.75) is 0 Å². The van der Waals surface area contributed by atoms with Crippen LogP contribution in [-0.4, -0.2) is 15.0 Å². The van der Waals surface area contributed by atoms with E-state index in [-0.39, 0.29) is 29.7 Å². The number of benzene rings is 8. The van der Waals surface area contributed by atoms with Crippen LogP contribution < -0.4 is 0 Å². The van der Waals surface area contributed by atoms with E-state index in [0.29, 0.717) is 23.0 Å². The van der Waals surface area contributed by atoms with Gasteiger partial charge in [-0.25, -0.2) is 15.0 Å². The number of aromatic nitrogens is 3. The average molecular weight is 725 g/mol. The second kappa shape index (κ2) is 14.1. The van der Waals surface area contributed by atoms with Gasteiger partial charge in [0.25, 0.3) is 0 Å². The molecule has 0 aliphatic carbocycles. The zero-order valence-electron chi connectivity index (χ0n) is 34.4. The Morgan fingerprint density at radius 1 is 0.345 bits per heavy atom. The SMILES string of the molecule is [2H]c1c([2H])c([2H])c(-c2ccc(-c3ccc(-c4cccc(-c5ccc6sc7cccc(-c8nc(-c9ccccc9)nc(-c9ccccc9)n8)c7c6c5)c4)cc3)cc2)c([2H])c1[2H]. The Hall–Kier alpha value is -7.01. The predicted molar refractivity (Wildman–Crippen MR) is 231 cm³/mol. The summed E-state index contributed by atoms with van der Waals surface area (Å²) >= 11 is 1.77. The summed E-state index contributed by atoms with van der Waals surface area (Å²) in [4.78, 5) is 15.1. The van der Waals surface area contributed by atoms with Crippen molar-refractivity contribution in [3.63, 3.8) is 0 Å². The van der Waals surface area contributed by atoms with Gasteiger partial charge >= 0.3 is 0 Å². The molecule has 0 aliphatic heterocycles. The van der Waals surface area contributed by atoms with Crippen molar-refractivity contribution in [2.24, 2.45) is 0 Å². The van der Waals surface area contributed by atoms with E-state index in [1.54, 1.807) is 11.3 Å². The largest absolute Gasteiger partial charge is 0.208 e. The fraction of sp³-hybridized carbons (Fsp3) is 0. The topological polar surface area (TPSA) is 38.7 Å². The van der Waals surface area contributed by atoms with Crippen molar-refractivity contribution in [1.29, 1.82) is 0 Å². The van der Waals surface area contributed by atoms with Gasteiger partial charge in [-0.15, -0.1) is 11.3 Å². The molecule has 4 heteroatoms. The van der Waals surface area contributed by atoms with Crippen molar-refractivity contribution in [3.8, 4) is 78.7 Å². The van der Waals surface area contributed by atoms with Crippen LogP contribution in [-0.2, 0) is 0 Å². The van der Waals surface area contributed by atoms with Crippen LogP contribution in [0.4, 0.5) is 0 Å². The Kier molecular flexibility index (Phi) is 7.06. The number of hydrogen-bond donors (Lipinski definition) is 0. The summed E-state index contributed by atoms with van der Waals surface area (Å²) < 4.78 is 43.1. The van der Waals surface area contributed by atoms with Crippen molar-refractivity contribution in [3.05, 3.63) is 200 Å². The van der Waals surface area contributed by atoms with Crippen LogP contribution in [0.15, 0.2) is 200 Å². The molecule has 2 heterocycles. The highest BCUT2D eigenvalue weighted by Crippen LogP contribution is 2.42. The minimum Gasteiger partial charge on any atom is -0.208 e. The number of nitrogens with zero attached hydrogens (tertiary/aromatic N) is 3. The molecule has 0 unspecified atom stereocenters. The van der Waals surface area contributed by atoms with E-state index in [4.69, 9.17) is 21.8 Å². The standard InChI is InChI=1S/C51H33N3S/c1-4-12-34(13-5-1)35-22-24-36(25-23-35)37-26-28-38(29-27-37)41-18-10-19-42(32-41)43-30-31-46-45(33-43)48-44(20-11-21-47(48)55-46)51-53-49(39-14-6-2-7-15-39)52-50(54-51)40-16-8-3-9-17-40/h1-33H/i1D,4D,5D,12D,13D. The van der Waals surface area contributed by atoms with Crippen LogP contribution in [0.3, 0.4) is 0 Å². The van der Waals surface area contributed by atoms with Gasteiger partial charge < -0.3 is 0 Å². The highest BCUT2D eigenvalue weighted by Gasteiger charge is 2.17. The zero-order chi connectivity index (χ0) is 40.9. The van der Waals surface area contributed by atoms with Crippen LogP contribution in [0.25, 0.3) is 98.8 Å². The fourth-order valence-electron chi connectivity index (χ4n) is 7.08. The van der Waals surface area contributed by atoms with Crippen LogP contribution >= 0.6 is 11.3 Å². The molecule has 3 nitrogen and oxygen atoms in total. The van der Waals surface area contributed by atoms with Crippen molar-refractivity contribution in [2.75, 3.05) is 0 Å². The van der Waals surface area contributed by atoms with E-state index >= 15 is 0 Å². The van der Waals surface area contributed by atoms with E-state index in [1.165, 1.54) is 9.40 Å². The molecule has 2 aromatic heterocycles. The van der Waals surface area contributed by atoms with Gasteiger partial charge in [0.05, 0.1) is 6.85 Å². The lowest BCUT2D eigenvalue weighted by molar-refractivity contribution is 1.08. The average Bonchev–Trinajstić information content (AvgIpc) is 3.69. The summed E-state index contributed by atoms with van der Waals surface area (Å²) in [5.41, 5.74) is 9.98. The molecule has 0 aliphatic rings. The van der Waals surface area contributed by atoms with Crippen LogP contribution in [0.2, 0.25) is 0 Å². The smallest absolute Gasteiger partial charge is 0.164 e. The third-order valence-corrected chi connectivity index (χ3v) is 11.0. The highest BCUT2D eigenvalue weighted by atomic mass is 32.1. The summed E-state index contributed by atoms with van der Waals surface area (Å²) in [5.74, 6) is 1.90. The van der Waals surface area contributed by atoms with Gasteiger partial charge in [0.15, 0.2) is 17.5 Å². The first-order chi connectivity index (χ1) is 29.3. The summed E-state index contributed by atoms with van der Waals surface area (Å²) in [6.07, 6.45) is 0. The molecule has 55 heavy (non-hydrogen) atoms. The number of hydrogen-bond acceptors (Lipinski definition) is 4. The molecule has 0 atom stereocenters. The molecule has 0 amide bonds. The molecule has 8 aromatic carbocycles. The van der Waals surface area contributed by atoms with Crippen molar-refractivity contribution < 1.29 is 6.85 Å². The molecule has 0 bridgehead atoms. The Morgan fingerprint density at radius 3 is 1.44 bits per heavy atom. The molecule has 10 rings (SSSR count). The first-order valence-electron chi connectivity index (χ1n) is 20.5. The molecule has 0 fully saturated rings. The third-order valence-electron chi connectivity index (χ3n) is 9.86. The summed E-state index contributed by atoms with van der Waals surface area (Å²) in [6, 6.07) is 56.1. The first kappa shape index (κ1) is 27.6. The van der Waals surface area contributed by atoms with Gasteiger partial charge in [-0.3, -0.25) is 0 Å². The molecule has 10 aromatic rings. The number of rotatable bonds is 7. The second-order valence-corrected chi connectivity index (χ2v) is 14.3. The van der Waals surface area contributed by atoms with E-state index in [1.807, 2.05) is 84.9 Å². The van der Waals surface area contributed by atoms with E-state index < -0.39 is 6.04 Å².